The van der Waals surface area contributed by atoms with E-state index in [0.29, 0.717) is 22.6 Å². The normalized spacial score (nSPS) is 12.5. The average Bonchev–Trinajstić information content (AvgIpc) is 2.47. The van der Waals surface area contributed by atoms with Gasteiger partial charge in [0.25, 0.3) is 5.56 Å². The standard InChI is InChI=1S/C15H18N2O3S/c1-3-4-9-17-13(18)11-7-5-6-8-12(11)16-15(17)21-10(2)14(19)20/h5-8,10H,3-4,9H2,1-2H3,(H,19,20)/t10-/m1/s1. The van der Waals surface area contributed by atoms with Gasteiger partial charge in [-0.15, -0.1) is 0 Å². The Morgan fingerprint density at radius 1 is 1.43 bits per heavy atom. The maximum absolute atomic E-state index is 12.6. The lowest BCUT2D eigenvalue weighted by molar-refractivity contribution is -0.136. The number of nitrogens with zero attached hydrogens (tertiary/aromatic N) is 2. The molecule has 0 fully saturated rings. The first-order valence-electron chi connectivity index (χ1n) is 6.93. The van der Waals surface area contributed by atoms with Gasteiger partial charge >= 0.3 is 5.97 Å². The minimum absolute atomic E-state index is 0.103. The molecule has 112 valence electrons. The second kappa shape index (κ2) is 6.76. The molecule has 1 aromatic heterocycles. The van der Waals surface area contributed by atoms with E-state index in [1.807, 2.05) is 19.1 Å². The fourth-order valence-corrected chi connectivity index (χ4v) is 2.83. The highest BCUT2D eigenvalue weighted by atomic mass is 32.2. The smallest absolute Gasteiger partial charge is 0.316 e. The van der Waals surface area contributed by atoms with Crippen LogP contribution in [0.25, 0.3) is 10.9 Å². The number of hydrogen-bond donors (Lipinski definition) is 1. The fraction of sp³-hybridized carbons (Fsp3) is 0.400. The Morgan fingerprint density at radius 2 is 2.14 bits per heavy atom. The Bertz CT molecular complexity index is 712. The zero-order chi connectivity index (χ0) is 15.4. The third-order valence-electron chi connectivity index (χ3n) is 3.19. The van der Waals surface area contributed by atoms with Crippen molar-refractivity contribution < 1.29 is 9.90 Å². The van der Waals surface area contributed by atoms with Gasteiger partial charge in [-0.3, -0.25) is 14.2 Å². The molecule has 0 unspecified atom stereocenters. The number of para-hydroxylation sites is 1. The first-order valence-corrected chi connectivity index (χ1v) is 7.81. The number of aliphatic carboxylic acids is 1. The predicted octanol–water partition coefficient (Wildman–Crippen LogP) is 2.76. The highest BCUT2D eigenvalue weighted by Crippen LogP contribution is 2.22. The molecule has 2 aromatic rings. The molecular weight excluding hydrogens is 288 g/mol. The third kappa shape index (κ3) is 3.44. The summed E-state index contributed by atoms with van der Waals surface area (Å²) in [5.74, 6) is -0.913. The number of thioether (sulfide) groups is 1. The van der Waals surface area contributed by atoms with E-state index < -0.39 is 11.2 Å². The summed E-state index contributed by atoms with van der Waals surface area (Å²) in [4.78, 5) is 28.1. The van der Waals surface area contributed by atoms with Crippen molar-refractivity contribution in [3.63, 3.8) is 0 Å². The lowest BCUT2D eigenvalue weighted by Crippen LogP contribution is -2.25. The van der Waals surface area contributed by atoms with Gasteiger partial charge in [-0.05, 0) is 25.5 Å². The van der Waals surface area contributed by atoms with E-state index in [0.717, 1.165) is 24.6 Å². The molecule has 0 aliphatic carbocycles. The number of fused-ring (bicyclic) bond motifs is 1. The minimum Gasteiger partial charge on any atom is -0.480 e. The van der Waals surface area contributed by atoms with Gasteiger partial charge in [0.15, 0.2) is 5.16 Å². The number of benzene rings is 1. The predicted molar refractivity (Wildman–Crippen MR) is 83.9 cm³/mol. The molecule has 1 N–H and O–H groups in total. The lowest BCUT2D eigenvalue weighted by atomic mass is 10.2. The van der Waals surface area contributed by atoms with E-state index in [-0.39, 0.29) is 5.56 Å². The van der Waals surface area contributed by atoms with E-state index >= 15 is 0 Å². The summed E-state index contributed by atoms with van der Waals surface area (Å²) in [6, 6.07) is 7.15. The summed E-state index contributed by atoms with van der Waals surface area (Å²) in [5, 5.41) is 9.45. The Balaban J connectivity index is 2.54. The van der Waals surface area contributed by atoms with E-state index in [1.54, 1.807) is 23.6 Å². The maximum atomic E-state index is 12.6. The topological polar surface area (TPSA) is 72.2 Å². The highest BCUT2D eigenvalue weighted by molar-refractivity contribution is 8.00. The highest BCUT2D eigenvalue weighted by Gasteiger charge is 2.18. The number of carboxylic acid groups (broad SMARTS) is 1. The summed E-state index contributed by atoms with van der Waals surface area (Å²) in [6.07, 6.45) is 1.81. The first-order chi connectivity index (χ1) is 10.0. The molecule has 0 amide bonds. The van der Waals surface area contributed by atoms with Crippen molar-refractivity contribution in [1.82, 2.24) is 9.55 Å². The van der Waals surface area contributed by atoms with Crippen LogP contribution in [0.5, 0.6) is 0 Å². The van der Waals surface area contributed by atoms with Gasteiger partial charge < -0.3 is 5.11 Å². The van der Waals surface area contributed by atoms with Crippen LogP contribution >= 0.6 is 11.8 Å². The lowest BCUT2D eigenvalue weighted by Gasteiger charge is -2.14. The van der Waals surface area contributed by atoms with Crippen LogP contribution in [0.1, 0.15) is 26.7 Å². The largest absolute Gasteiger partial charge is 0.480 e. The van der Waals surface area contributed by atoms with Crippen molar-refractivity contribution in [1.29, 1.82) is 0 Å². The average molecular weight is 306 g/mol. The molecule has 2 rings (SSSR count). The second-order valence-electron chi connectivity index (χ2n) is 4.82. The molecule has 1 atom stereocenters. The van der Waals surface area contributed by atoms with Gasteiger partial charge in [0.2, 0.25) is 0 Å². The van der Waals surface area contributed by atoms with E-state index in [9.17, 15) is 9.59 Å². The molecule has 5 nitrogen and oxygen atoms in total. The molecule has 21 heavy (non-hydrogen) atoms. The Hall–Kier alpha value is -1.82. The second-order valence-corrected chi connectivity index (χ2v) is 6.13. The van der Waals surface area contributed by atoms with E-state index in [4.69, 9.17) is 5.11 Å². The molecule has 0 bridgehead atoms. The van der Waals surface area contributed by atoms with Crippen molar-refractivity contribution in [3.05, 3.63) is 34.6 Å². The molecule has 0 spiro atoms. The van der Waals surface area contributed by atoms with Crippen LogP contribution in [-0.4, -0.2) is 25.9 Å². The van der Waals surface area contributed by atoms with Crippen LogP contribution in [0.15, 0.2) is 34.2 Å². The molecule has 1 heterocycles. The molecule has 0 saturated heterocycles. The monoisotopic (exact) mass is 306 g/mol. The van der Waals surface area contributed by atoms with Gasteiger partial charge in [0.05, 0.1) is 10.9 Å². The van der Waals surface area contributed by atoms with Crippen molar-refractivity contribution in [3.8, 4) is 0 Å². The molecule has 0 aliphatic heterocycles. The van der Waals surface area contributed by atoms with Gasteiger partial charge in [-0.25, -0.2) is 4.98 Å². The Morgan fingerprint density at radius 3 is 2.81 bits per heavy atom. The summed E-state index contributed by atoms with van der Waals surface area (Å²) < 4.78 is 1.59. The molecule has 0 radical (unpaired) electrons. The van der Waals surface area contributed by atoms with Crippen molar-refractivity contribution in [2.45, 2.75) is 43.6 Å². The van der Waals surface area contributed by atoms with Crippen LogP contribution in [0, 0.1) is 0 Å². The molecule has 0 saturated carbocycles. The molecular formula is C15H18N2O3S. The zero-order valence-electron chi connectivity index (χ0n) is 12.1. The quantitative estimate of drug-likeness (QED) is 0.656. The van der Waals surface area contributed by atoms with Gasteiger partial charge in [-0.2, -0.15) is 0 Å². The van der Waals surface area contributed by atoms with Gasteiger partial charge in [0.1, 0.15) is 5.25 Å². The summed E-state index contributed by atoms with van der Waals surface area (Å²) in [5.41, 5.74) is 0.504. The molecule has 1 aromatic carbocycles. The number of aromatic nitrogens is 2. The van der Waals surface area contributed by atoms with Crippen LogP contribution in [0.3, 0.4) is 0 Å². The fourth-order valence-electron chi connectivity index (χ4n) is 1.96. The molecule has 6 heteroatoms. The minimum atomic E-state index is -0.913. The number of carbonyl (C=O) groups is 1. The molecule has 0 aliphatic rings. The maximum Gasteiger partial charge on any atom is 0.316 e. The van der Waals surface area contributed by atoms with Gasteiger partial charge in [0, 0.05) is 6.54 Å². The SMILES string of the molecule is CCCCn1c(S[C@H](C)C(=O)O)nc2ccccc2c1=O. The number of unbranched alkanes of at least 4 members (excludes halogenated alkanes) is 1. The first kappa shape index (κ1) is 15.6. The Kier molecular flexibility index (Phi) is 5.01. The van der Waals surface area contributed by atoms with Gasteiger partial charge in [-0.1, -0.05) is 37.2 Å². The van der Waals surface area contributed by atoms with Crippen LogP contribution < -0.4 is 5.56 Å². The summed E-state index contributed by atoms with van der Waals surface area (Å²) in [7, 11) is 0. The van der Waals surface area contributed by atoms with E-state index in [2.05, 4.69) is 4.98 Å². The van der Waals surface area contributed by atoms with Crippen molar-refractivity contribution >= 4 is 28.6 Å². The third-order valence-corrected chi connectivity index (χ3v) is 4.27. The Labute approximate surface area is 127 Å². The van der Waals surface area contributed by atoms with Crippen LogP contribution in [0.4, 0.5) is 0 Å². The number of hydrogen-bond acceptors (Lipinski definition) is 4. The van der Waals surface area contributed by atoms with Crippen LogP contribution in [-0.2, 0) is 11.3 Å². The summed E-state index contributed by atoms with van der Waals surface area (Å²) in [6.45, 7) is 4.20. The van der Waals surface area contributed by atoms with Crippen molar-refractivity contribution in [2.24, 2.45) is 0 Å². The summed E-state index contributed by atoms with van der Waals surface area (Å²) >= 11 is 1.11. The number of rotatable bonds is 6. The number of carboxylic acids is 1. The van der Waals surface area contributed by atoms with E-state index in [1.165, 1.54) is 0 Å². The zero-order valence-corrected chi connectivity index (χ0v) is 12.9. The van der Waals surface area contributed by atoms with Crippen molar-refractivity contribution in [2.75, 3.05) is 0 Å². The van der Waals surface area contributed by atoms with Crippen LogP contribution in [0.2, 0.25) is 0 Å².